The zero-order valence-electron chi connectivity index (χ0n) is 34.3. The van der Waals surface area contributed by atoms with E-state index < -0.39 is 26.5 Å². The lowest BCUT2D eigenvalue weighted by atomic mass is 10.0. The SMILES string of the molecule is CCCCCC/C=C\C/C=C\CCCCCCCC(=O)OC(COC(=O)CCCCCCCCCCCCCC)COP(=O)([O-])OCC[N+](C)(C)C. The summed E-state index contributed by atoms with van der Waals surface area (Å²) in [5.41, 5.74) is 0. The summed E-state index contributed by atoms with van der Waals surface area (Å²) in [5.74, 6) is -0.847. The number of allylic oxidation sites excluding steroid dienone is 4. The second-order valence-corrected chi connectivity index (χ2v) is 16.8. The highest BCUT2D eigenvalue weighted by Crippen LogP contribution is 2.38. The van der Waals surface area contributed by atoms with Crippen molar-refractivity contribution >= 4 is 19.8 Å². The van der Waals surface area contributed by atoms with E-state index in [2.05, 4.69) is 38.2 Å². The quantitative estimate of drug-likeness (QED) is 0.0201. The molecule has 9 nitrogen and oxygen atoms in total. The minimum Gasteiger partial charge on any atom is -0.756 e. The summed E-state index contributed by atoms with van der Waals surface area (Å²) >= 11 is 0. The first kappa shape index (κ1) is 50.5. The van der Waals surface area contributed by atoms with Gasteiger partial charge in [-0.2, -0.15) is 0 Å². The van der Waals surface area contributed by atoms with E-state index in [1.165, 1.54) is 89.9 Å². The number of ether oxygens (including phenoxy) is 2. The molecule has 0 radical (unpaired) electrons. The minimum atomic E-state index is -4.62. The number of phosphoric ester groups is 1. The maximum absolute atomic E-state index is 12.6. The molecule has 0 bridgehead atoms. The first-order chi connectivity index (χ1) is 25.0. The molecule has 2 unspecified atom stereocenters. The van der Waals surface area contributed by atoms with Crippen LogP contribution in [0.4, 0.5) is 0 Å². The lowest BCUT2D eigenvalue weighted by Crippen LogP contribution is -2.37. The number of carbonyl (C=O) groups is 2. The third-order valence-electron chi connectivity index (χ3n) is 8.97. The van der Waals surface area contributed by atoms with Crippen molar-refractivity contribution in [2.24, 2.45) is 0 Å². The van der Waals surface area contributed by atoms with Gasteiger partial charge in [0.2, 0.25) is 0 Å². The monoisotopic (exact) mass is 758 g/mol. The Morgan fingerprint density at radius 1 is 0.596 bits per heavy atom. The third-order valence-corrected chi connectivity index (χ3v) is 9.94. The van der Waals surface area contributed by atoms with Crippen LogP contribution >= 0.6 is 7.82 Å². The number of nitrogens with zero attached hydrogens (tertiary/aromatic N) is 1. The second-order valence-electron chi connectivity index (χ2n) is 15.4. The Bertz CT molecular complexity index is 949. The fraction of sp³-hybridized carbons (Fsp3) is 0.857. The van der Waals surface area contributed by atoms with Crippen molar-refractivity contribution < 1.29 is 42.1 Å². The summed E-state index contributed by atoms with van der Waals surface area (Å²) in [6, 6.07) is 0. The largest absolute Gasteiger partial charge is 0.756 e. The number of esters is 2. The highest BCUT2D eigenvalue weighted by Gasteiger charge is 2.21. The molecule has 0 aromatic heterocycles. The van der Waals surface area contributed by atoms with Crippen molar-refractivity contribution in [2.45, 2.75) is 187 Å². The van der Waals surface area contributed by atoms with E-state index in [9.17, 15) is 19.0 Å². The Kier molecular flexibility index (Phi) is 34.2. The highest BCUT2D eigenvalue weighted by molar-refractivity contribution is 7.45. The van der Waals surface area contributed by atoms with E-state index in [0.29, 0.717) is 17.4 Å². The summed E-state index contributed by atoms with van der Waals surface area (Å²) in [5, 5.41) is 0. The van der Waals surface area contributed by atoms with Gasteiger partial charge in [-0.25, -0.2) is 0 Å². The summed E-state index contributed by atoms with van der Waals surface area (Å²) in [4.78, 5) is 37.4. The van der Waals surface area contributed by atoms with Crippen molar-refractivity contribution in [2.75, 3.05) is 47.5 Å². The van der Waals surface area contributed by atoms with Gasteiger partial charge in [0.1, 0.15) is 19.8 Å². The van der Waals surface area contributed by atoms with E-state index in [-0.39, 0.29) is 32.0 Å². The molecule has 0 aliphatic heterocycles. The summed E-state index contributed by atoms with van der Waals surface area (Å²) in [6.45, 7) is 4.19. The first-order valence-corrected chi connectivity index (χ1v) is 22.5. The maximum atomic E-state index is 12.6. The molecule has 306 valence electrons. The molecule has 10 heteroatoms. The molecule has 0 N–H and O–H groups in total. The van der Waals surface area contributed by atoms with Crippen LogP contribution in [0.3, 0.4) is 0 Å². The third kappa shape index (κ3) is 38.2. The van der Waals surface area contributed by atoms with Gasteiger partial charge in [-0.05, 0) is 44.9 Å². The van der Waals surface area contributed by atoms with Crippen LogP contribution in [0, 0.1) is 0 Å². The van der Waals surface area contributed by atoms with Gasteiger partial charge in [0, 0.05) is 12.8 Å². The fourth-order valence-corrected chi connectivity index (χ4v) is 6.35. The van der Waals surface area contributed by atoms with Crippen LogP contribution in [0.15, 0.2) is 24.3 Å². The molecule has 0 saturated carbocycles. The predicted molar refractivity (Wildman–Crippen MR) is 213 cm³/mol. The molecule has 0 amide bonds. The minimum absolute atomic E-state index is 0.0321. The molecule has 0 fully saturated rings. The van der Waals surface area contributed by atoms with E-state index >= 15 is 0 Å². The first-order valence-electron chi connectivity index (χ1n) is 21.0. The summed E-state index contributed by atoms with van der Waals surface area (Å²) in [6.07, 6.45) is 36.2. The standard InChI is InChI=1S/C42H80NO8P/c1-6-8-10-12-14-16-18-20-21-22-23-25-27-29-31-33-35-42(45)51-40(39-50-52(46,47)49-37-36-43(3,4)5)38-48-41(44)34-32-30-28-26-24-19-17-15-13-11-9-7-2/h16,18,21-22,40H,6-15,17,19-20,23-39H2,1-5H3/b18-16-,22-21-. The van der Waals surface area contributed by atoms with Crippen LogP contribution in [0.2, 0.25) is 0 Å². The molecule has 0 aromatic carbocycles. The summed E-state index contributed by atoms with van der Waals surface area (Å²) < 4.78 is 33.8. The van der Waals surface area contributed by atoms with Crippen LogP contribution < -0.4 is 4.89 Å². The van der Waals surface area contributed by atoms with Crippen molar-refractivity contribution in [3.8, 4) is 0 Å². The van der Waals surface area contributed by atoms with Gasteiger partial charge in [-0.15, -0.1) is 0 Å². The lowest BCUT2D eigenvalue weighted by molar-refractivity contribution is -0.870. The average Bonchev–Trinajstić information content (AvgIpc) is 3.09. The van der Waals surface area contributed by atoms with Gasteiger partial charge in [0.25, 0.3) is 7.82 Å². The van der Waals surface area contributed by atoms with Gasteiger partial charge in [0.15, 0.2) is 6.10 Å². The van der Waals surface area contributed by atoms with Crippen molar-refractivity contribution in [3.05, 3.63) is 24.3 Å². The Morgan fingerprint density at radius 2 is 1.04 bits per heavy atom. The molecule has 2 atom stereocenters. The van der Waals surface area contributed by atoms with Crippen LogP contribution in [0.1, 0.15) is 181 Å². The lowest BCUT2D eigenvalue weighted by Gasteiger charge is -2.28. The van der Waals surface area contributed by atoms with Crippen LogP contribution in [-0.2, 0) is 32.7 Å². The van der Waals surface area contributed by atoms with Crippen LogP contribution in [0.25, 0.3) is 0 Å². The molecular formula is C42H80NO8P. The van der Waals surface area contributed by atoms with Gasteiger partial charge in [-0.1, -0.05) is 147 Å². The zero-order chi connectivity index (χ0) is 38.6. The van der Waals surface area contributed by atoms with Crippen molar-refractivity contribution in [3.63, 3.8) is 0 Å². The molecular weight excluding hydrogens is 677 g/mol. The number of hydrogen-bond acceptors (Lipinski definition) is 8. The Hall–Kier alpha value is -1.51. The Labute approximate surface area is 319 Å². The number of likely N-dealkylation sites (N-methyl/N-ethyl adjacent to an activating group) is 1. The molecule has 0 heterocycles. The molecule has 0 aliphatic carbocycles. The number of rotatable bonds is 38. The van der Waals surface area contributed by atoms with Gasteiger partial charge >= 0.3 is 11.9 Å². The van der Waals surface area contributed by atoms with Crippen molar-refractivity contribution in [1.82, 2.24) is 0 Å². The fourth-order valence-electron chi connectivity index (χ4n) is 5.63. The zero-order valence-corrected chi connectivity index (χ0v) is 35.2. The number of phosphoric acid groups is 1. The van der Waals surface area contributed by atoms with Gasteiger partial charge in [0.05, 0.1) is 27.7 Å². The molecule has 0 saturated heterocycles. The normalized spacial score (nSPS) is 13.9. The molecule has 52 heavy (non-hydrogen) atoms. The topological polar surface area (TPSA) is 111 Å². The Morgan fingerprint density at radius 3 is 1.54 bits per heavy atom. The number of unbranched alkanes of at least 4 members (excludes halogenated alkanes) is 20. The maximum Gasteiger partial charge on any atom is 0.306 e. The van der Waals surface area contributed by atoms with Crippen molar-refractivity contribution in [1.29, 1.82) is 0 Å². The molecule has 0 aromatic rings. The van der Waals surface area contributed by atoms with Crippen LogP contribution in [-0.4, -0.2) is 70.0 Å². The van der Waals surface area contributed by atoms with Gasteiger partial charge in [-0.3, -0.25) is 14.2 Å². The molecule has 0 aliphatic rings. The smallest absolute Gasteiger partial charge is 0.306 e. The number of hydrogen-bond donors (Lipinski definition) is 0. The Balaban J connectivity index is 4.41. The average molecular weight is 758 g/mol. The summed E-state index contributed by atoms with van der Waals surface area (Å²) in [7, 11) is 1.16. The number of quaternary nitrogens is 1. The molecule has 0 rings (SSSR count). The second kappa shape index (κ2) is 35.2. The van der Waals surface area contributed by atoms with Gasteiger partial charge < -0.3 is 27.9 Å². The van der Waals surface area contributed by atoms with E-state index in [1.54, 1.807) is 0 Å². The number of carbonyl (C=O) groups excluding carboxylic acids is 2. The van der Waals surface area contributed by atoms with Crippen LogP contribution in [0.5, 0.6) is 0 Å². The highest BCUT2D eigenvalue weighted by atomic mass is 31.2. The van der Waals surface area contributed by atoms with E-state index in [1.807, 2.05) is 21.1 Å². The van der Waals surface area contributed by atoms with E-state index in [4.69, 9.17) is 18.5 Å². The predicted octanol–water partition coefficient (Wildman–Crippen LogP) is 10.9. The molecule has 0 spiro atoms. The van der Waals surface area contributed by atoms with E-state index in [0.717, 1.165) is 57.8 Å².